The zero-order valence-corrected chi connectivity index (χ0v) is 13.4. The van der Waals surface area contributed by atoms with E-state index in [9.17, 15) is 9.59 Å². The fraction of sp³-hybridized carbons (Fsp3) is 0.222. The molecule has 23 heavy (non-hydrogen) atoms. The second-order valence-electron chi connectivity index (χ2n) is 5.39. The molecule has 2 aromatic rings. The van der Waals surface area contributed by atoms with Crippen molar-refractivity contribution >= 4 is 23.2 Å². The van der Waals surface area contributed by atoms with Crippen molar-refractivity contribution in [3.8, 4) is 0 Å². The van der Waals surface area contributed by atoms with Gasteiger partial charge in [0.25, 0.3) is 0 Å². The summed E-state index contributed by atoms with van der Waals surface area (Å²) in [5, 5.41) is 5.21. The Morgan fingerprint density at radius 2 is 1.57 bits per heavy atom. The van der Waals surface area contributed by atoms with Crippen molar-refractivity contribution in [2.75, 3.05) is 30.9 Å². The summed E-state index contributed by atoms with van der Waals surface area (Å²) in [5.74, 6) is -1.28. The van der Waals surface area contributed by atoms with E-state index in [-0.39, 0.29) is 0 Å². The fourth-order valence-electron chi connectivity index (χ4n) is 2.08. The van der Waals surface area contributed by atoms with E-state index in [2.05, 4.69) is 10.6 Å². The maximum Gasteiger partial charge on any atom is 0.313 e. The molecule has 5 heteroatoms. The van der Waals surface area contributed by atoms with Gasteiger partial charge in [0, 0.05) is 32.0 Å². The van der Waals surface area contributed by atoms with Crippen LogP contribution in [0.5, 0.6) is 0 Å². The highest BCUT2D eigenvalue weighted by Crippen LogP contribution is 2.15. The molecule has 0 aromatic heterocycles. The lowest BCUT2D eigenvalue weighted by atomic mass is 10.1. The van der Waals surface area contributed by atoms with Crippen molar-refractivity contribution in [2.45, 2.75) is 6.42 Å². The summed E-state index contributed by atoms with van der Waals surface area (Å²) >= 11 is 0. The summed E-state index contributed by atoms with van der Waals surface area (Å²) in [5.41, 5.74) is 2.74. The van der Waals surface area contributed by atoms with Crippen LogP contribution in [-0.2, 0) is 16.0 Å². The van der Waals surface area contributed by atoms with Crippen molar-refractivity contribution in [3.63, 3.8) is 0 Å². The number of amides is 2. The molecule has 0 heterocycles. The van der Waals surface area contributed by atoms with Gasteiger partial charge in [-0.25, -0.2) is 0 Å². The molecule has 0 unspecified atom stereocenters. The van der Waals surface area contributed by atoms with Crippen molar-refractivity contribution in [2.24, 2.45) is 0 Å². The second kappa shape index (κ2) is 7.98. The van der Waals surface area contributed by atoms with Gasteiger partial charge in [-0.15, -0.1) is 0 Å². The zero-order valence-electron chi connectivity index (χ0n) is 13.4. The number of hydrogen-bond donors (Lipinski definition) is 2. The van der Waals surface area contributed by atoms with Crippen LogP contribution in [0.25, 0.3) is 0 Å². The van der Waals surface area contributed by atoms with Crippen LogP contribution in [0.15, 0.2) is 54.6 Å². The maximum absolute atomic E-state index is 11.8. The second-order valence-corrected chi connectivity index (χ2v) is 5.39. The highest BCUT2D eigenvalue weighted by atomic mass is 16.2. The summed E-state index contributed by atoms with van der Waals surface area (Å²) in [7, 11) is 3.88. The number of nitrogens with zero attached hydrogens (tertiary/aromatic N) is 1. The predicted octanol–water partition coefficient (Wildman–Crippen LogP) is 2.05. The highest BCUT2D eigenvalue weighted by Gasteiger charge is 2.13. The van der Waals surface area contributed by atoms with Gasteiger partial charge in [-0.1, -0.05) is 30.3 Å². The molecule has 0 fully saturated rings. The molecule has 0 bridgehead atoms. The number of anilines is 2. The van der Waals surface area contributed by atoms with Crippen LogP contribution in [0.2, 0.25) is 0 Å². The van der Waals surface area contributed by atoms with Gasteiger partial charge in [-0.2, -0.15) is 0 Å². The summed E-state index contributed by atoms with van der Waals surface area (Å²) in [6.45, 7) is 0.426. The van der Waals surface area contributed by atoms with Crippen LogP contribution in [0.3, 0.4) is 0 Å². The standard InChI is InChI=1S/C18H21N3O2/c1-21(2)16-10-8-15(9-11-16)20-18(23)17(22)19-13-12-14-6-4-3-5-7-14/h3-11H,12-13H2,1-2H3,(H,19,22)(H,20,23). The SMILES string of the molecule is CN(C)c1ccc(NC(=O)C(=O)NCCc2ccccc2)cc1. The Bertz CT molecular complexity index is 652. The lowest BCUT2D eigenvalue weighted by Crippen LogP contribution is -2.36. The minimum Gasteiger partial charge on any atom is -0.378 e. The summed E-state index contributed by atoms with van der Waals surface area (Å²) < 4.78 is 0. The molecule has 0 spiro atoms. The Balaban J connectivity index is 1.79. The first-order chi connectivity index (χ1) is 11.1. The molecule has 0 aliphatic carbocycles. The molecular formula is C18H21N3O2. The minimum absolute atomic E-state index is 0.426. The number of rotatable bonds is 5. The topological polar surface area (TPSA) is 61.4 Å². The van der Waals surface area contributed by atoms with Crippen LogP contribution in [-0.4, -0.2) is 32.5 Å². The Kier molecular flexibility index (Phi) is 5.74. The number of carbonyl (C=O) groups excluding carboxylic acids is 2. The summed E-state index contributed by atoms with van der Waals surface area (Å²) in [6, 6.07) is 17.1. The normalized spacial score (nSPS) is 10.0. The number of carbonyl (C=O) groups is 2. The average Bonchev–Trinajstić information content (AvgIpc) is 2.56. The molecule has 0 atom stereocenters. The van der Waals surface area contributed by atoms with E-state index in [0.29, 0.717) is 18.7 Å². The van der Waals surface area contributed by atoms with Crippen molar-refractivity contribution in [3.05, 3.63) is 60.2 Å². The Morgan fingerprint density at radius 1 is 0.913 bits per heavy atom. The van der Waals surface area contributed by atoms with Gasteiger partial charge in [0.05, 0.1) is 0 Å². The predicted molar refractivity (Wildman–Crippen MR) is 92.6 cm³/mol. The quantitative estimate of drug-likeness (QED) is 0.831. The monoisotopic (exact) mass is 311 g/mol. The van der Waals surface area contributed by atoms with Crippen LogP contribution in [0.1, 0.15) is 5.56 Å². The van der Waals surface area contributed by atoms with Gasteiger partial charge in [-0.05, 0) is 36.2 Å². The first-order valence-corrected chi connectivity index (χ1v) is 7.47. The highest BCUT2D eigenvalue weighted by molar-refractivity contribution is 6.39. The third-order valence-electron chi connectivity index (χ3n) is 3.39. The first-order valence-electron chi connectivity index (χ1n) is 7.47. The third-order valence-corrected chi connectivity index (χ3v) is 3.39. The van der Waals surface area contributed by atoms with Crippen molar-refractivity contribution < 1.29 is 9.59 Å². The molecule has 0 aliphatic rings. The average molecular weight is 311 g/mol. The molecule has 120 valence electrons. The molecule has 0 aliphatic heterocycles. The molecule has 2 aromatic carbocycles. The molecule has 0 radical (unpaired) electrons. The van der Waals surface area contributed by atoms with E-state index in [4.69, 9.17) is 0 Å². The van der Waals surface area contributed by atoms with Gasteiger partial charge < -0.3 is 15.5 Å². The number of hydrogen-bond acceptors (Lipinski definition) is 3. The van der Waals surface area contributed by atoms with Gasteiger partial charge in [0.2, 0.25) is 0 Å². The van der Waals surface area contributed by atoms with Crippen LogP contribution in [0, 0.1) is 0 Å². The summed E-state index contributed by atoms with van der Waals surface area (Å²) in [4.78, 5) is 25.6. The van der Waals surface area contributed by atoms with Gasteiger partial charge in [0.15, 0.2) is 0 Å². The molecule has 2 amide bonds. The third kappa shape index (κ3) is 5.14. The van der Waals surface area contributed by atoms with Gasteiger partial charge in [0.1, 0.15) is 0 Å². The lowest BCUT2D eigenvalue weighted by Gasteiger charge is -2.13. The summed E-state index contributed by atoms with van der Waals surface area (Å²) in [6.07, 6.45) is 0.692. The first kappa shape index (κ1) is 16.5. The van der Waals surface area contributed by atoms with Gasteiger partial charge in [-0.3, -0.25) is 9.59 Å². The van der Waals surface area contributed by atoms with Crippen LogP contribution in [0.4, 0.5) is 11.4 Å². The zero-order chi connectivity index (χ0) is 16.7. The lowest BCUT2D eigenvalue weighted by molar-refractivity contribution is -0.136. The minimum atomic E-state index is -0.657. The van der Waals surface area contributed by atoms with Crippen molar-refractivity contribution in [1.29, 1.82) is 0 Å². The molecule has 5 nitrogen and oxygen atoms in total. The number of nitrogens with one attached hydrogen (secondary N) is 2. The molecular weight excluding hydrogens is 290 g/mol. The fourth-order valence-corrected chi connectivity index (χ4v) is 2.08. The van der Waals surface area contributed by atoms with E-state index < -0.39 is 11.8 Å². The Hall–Kier alpha value is -2.82. The smallest absolute Gasteiger partial charge is 0.313 e. The molecule has 0 saturated carbocycles. The van der Waals surface area contributed by atoms with E-state index in [1.165, 1.54) is 0 Å². The molecule has 0 saturated heterocycles. The largest absolute Gasteiger partial charge is 0.378 e. The number of benzene rings is 2. The maximum atomic E-state index is 11.8. The molecule has 2 rings (SSSR count). The van der Waals surface area contributed by atoms with E-state index in [1.54, 1.807) is 12.1 Å². The van der Waals surface area contributed by atoms with Crippen LogP contribution >= 0.6 is 0 Å². The Labute approximate surface area is 136 Å². The Morgan fingerprint density at radius 3 is 2.17 bits per heavy atom. The van der Waals surface area contributed by atoms with Crippen LogP contribution < -0.4 is 15.5 Å². The van der Waals surface area contributed by atoms with E-state index >= 15 is 0 Å². The van der Waals surface area contributed by atoms with Gasteiger partial charge >= 0.3 is 11.8 Å². The van der Waals surface area contributed by atoms with E-state index in [0.717, 1.165) is 11.3 Å². The van der Waals surface area contributed by atoms with Crippen molar-refractivity contribution in [1.82, 2.24) is 5.32 Å². The van der Waals surface area contributed by atoms with E-state index in [1.807, 2.05) is 61.5 Å². The molecule has 2 N–H and O–H groups in total.